The van der Waals surface area contributed by atoms with Crippen molar-refractivity contribution in [2.45, 2.75) is 37.9 Å². The molecule has 1 aliphatic heterocycles. The van der Waals surface area contributed by atoms with Crippen LogP contribution in [0.15, 0.2) is 48.8 Å². The molecule has 1 fully saturated rings. The highest BCUT2D eigenvalue weighted by Gasteiger charge is 2.31. The van der Waals surface area contributed by atoms with E-state index in [2.05, 4.69) is 15.3 Å². The first-order valence-electron chi connectivity index (χ1n) is 11.4. The maximum Gasteiger partial charge on any atom is 0.270 e. The number of nitrogens with zero attached hydrogens (tertiary/aromatic N) is 3. The molecular formula is C26H24F2N4O3. The lowest BCUT2D eigenvalue weighted by atomic mass is 9.91. The second-order valence-electron chi connectivity index (χ2n) is 8.80. The summed E-state index contributed by atoms with van der Waals surface area (Å²) in [6.07, 6.45) is 3.86. The van der Waals surface area contributed by atoms with Crippen LogP contribution in [-0.4, -0.2) is 47.7 Å². The van der Waals surface area contributed by atoms with Gasteiger partial charge in [-0.05, 0) is 66.3 Å². The fourth-order valence-corrected chi connectivity index (χ4v) is 4.47. The summed E-state index contributed by atoms with van der Waals surface area (Å²) < 4.78 is 32.8. The third kappa shape index (κ3) is 4.58. The molecule has 9 heteroatoms. The number of carbonyl (C=O) groups excluding carboxylic acids is 2. The zero-order chi connectivity index (χ0) is 24.5. The molecule has 0 bridgehead atoms. The highest BCUT2D eigenvalue weighted by Crippen LogP contribution is 2.31. The lowest BCUT2D eigenvalue weighted by Gasteiger charge is -2.30. The molecule has 1 aliphatic carbocycles. The van der Waals surface area contributed by atoms with Crippen molar-refractivity contribution >= 4 is 17.6 Å². The molecule has 180 valence electrons. The molecule has 0 spiro atoms. The van der Waals surface area contributed by atoms with Gasteiger partial charge in [-0.3, -0.25) is 19.5 Å². The third-order valence-electron chi connectivity index (χ3n) is 6.45. The van der Waals surface area contributed by atoms with Gasteiger partial charge in [0, 0.05) is 37.0 Å². The summed E-state index contributed by atoms with van der Waals surface area (Å²) in [4.78, 5) is 35.2. The lowest BCUT2D eigenvalue weighted by Crippen LogP contribution is -2.45. The van der Waals surface area contributed by atoms with E-state index in [9.17, 15) is 18.4 Å². The molecular weight excluding hydrogens is 454 g/mol. The summed E-state index contributed by atoms with van der Waals surface area (Å²) >= 11 is 0. The van der Waals surface area contributed by atoms with Gasteiger partial charge in [0.05, 0.1) is 7.11 Å². The van der Waals surface area contributed by atoms with Gasteiger partial charge >= 0.3 is 0 Å². The second-order valence-corrected chi connectivity index (χ2v) is 8.80. The van der Waals surface area contributed by atoms with Gasteiger partial charge in [0.2, 0.25) is 0 Å². The van der Waals surface area contributed by atoms with Crippen LogP contribution >= 0.6 is 0 Å². The predicted molar refractivity (Wildman–Crippen MR) is 125 cm³/mol. The SMILES string of the molecule is COc1cc2c(cc1Cc1ccc(C(=O)NC3CC(F)C3)nc1)C(=O)N(c1ncccc1F)CC2. The summed E-state index contributed by atoms with van der Waals surface area (Å²) in [5, 5.41) is 2.78. The Kier molecular flexibility index (Phi) is 6.15. The number of rotatable bonds is 6. The van der Waals surface area contributed by atoms with E-state index in [1.54, 1.807) is 31.5 Å². The topological polar surface area (TPSA) is 84.4 Å². The monoisotopic (exact) mass is 478 g/mol. The van der Waals surface area contributed by atoms with Crippen LogP contribution in [0.25, 0.3) is 0 Å². The zero-order valence-corrected chi connectivity index (χ0v) is 19.1. The van der Waals surface area contributed by atoms with Gasteiger partial charge in [0.25, 0.3) is 11.8 Å². The van der Waals surface area contributed by atoms with Crippen molar-refractivity contribution in [3.63, 3.8) is 0 Å². The lowest BCUT2D eigenvalue weighted by molar-refractivity contribution is 0.0854. The second kappa shape index (κ2) is 9.40. The Bertz CT molecular complexity index is 1280. The Hall–Kier alpha value is -3.88. The van der Waals surface area contributed by atoms with Crippen LogP contribution in [0.4, 0.5) is 14.6 Å². The van der Waals surface area contributed by atoms with E-state index >= 15 is 0 Å². The van der Waals surface area contributed by atoms with E-state index in [-0.39, 0.29) is 29.4 Å². The van der Waals surface area contributed by atoms with Gasteiger partial charge in [-0.1, -0.05) is 6.07 Å². The van der Waals surface area contributed by atoms with Gasteiger partial charge in [0.15, 0.2) is 11.6 Å². The number of anilines is 1. The van der Waals surface area contributed by atoms with Gasteiger partial charge in [0.1, 0.15) is 17.6 Å². The molecule has 2 aromatic heterocycles. The Morgan fingerprint density at radius 2 is 2.06 bits per heavy atom. The number of fused-ring (bicyclic) bond motifs is 1. The molecule has 0 atom stereocenters. The highest BCUT2D eigenvalue weighted by atomic mass is 19.1. The standard InChI is InChI=1S/C26H24F2N4O3/c1-35-23-11-16-6-8-32(24-21(28)3-2-7-29-24)26(34)20(16)10-17(23)9-15-4-5-22(30-14-15)25(33)31-19-12-18(27)13-19/h2-5,7,10-11,14,18-19H,6,8-9,12-13H2,1H3,(H,31,33). The van der Waals surface area contributed by atoms with E-state index in [1.165, 1.54) is 23.2 Å². The Morgan fingerprint density at radius 1 is 1.23 bits per heavy atom. The highest BCUT2D eigenvalue weighted by molar-refractivity contribution is 6.08. The molecule has 3 heterocycles. The number of benzene rings is 1. The van der Waals surface area contributed by atoms with Crippen molar-refractivity contribution in [1.29, 1.82) is 0 Å². The average Bonchev–Trinajstić information content (AvgIpc) is 2.84. The van der Waals surface area contributed by atoms with Crippen LogP contribution in [0, 0.1) is 5.82 Å². The molecule has 0 radical (unpaired) electrons. The number of hydrogen-bond donors (Lipinski definition) is 1. The van der Waals surface area contributed by atoms with Gasteiger partial charge in [-0.15, -0.1) is 0 Å². The average molecular weight is 478 g/mol. The summed E-state index contributed by atoms with van der Waals surface area (Å²) in [6, 6.07) is 9.66. The molecule has 0 unspecified atom stereocenters. The van der Waals surface area contributed by atoms with Crippen LogP contribution in [-0.2, 0) is 12.8 Å². The van der Waals surface area contributed by atoms with Crippen LogP contribution in [0.5, 0.6) is 5.75 Å². The zero-order valence-electron chi connectivity index (χ0n) is 19.1. The summed E-state index contributed by atoms with van der Waals surface area (Å²) in [5.74, 6) is -0.532. The molecule has 3 aromatic rings. The molecule has 7 nitrogen and oxygen atoms in total. The number of pyridine rings is 2. The number of hydrogen-bond acceptors (Lipinski definition) is 5. The van der Waals surface area contributed by atoms with Crippen molar-refractivity contribution < 1.29 is 23.1 Å². The molecule has 1 N–H and O–H groups in total. The molecule has 0 saturated heterocycles. The third-order valence-corrected chi connectivity index (χ3v) is 6.45. The molecule has 2 aliphatic rings. The maximum atomic E-state index is 14.3. The maximum absolute atomic E-state index is 14.3. The first-order valence-corrected chi connectivity index (χ1v) is 11.4. The number of nitrogens with one attached hydrogen (secondary N) is 1. The van der Waals surface area contributed by atoms with Crippen molar-refractivity contribution in [2.75, 3.05) is 18.6 Å². The molecule has 35 heavy (non-hydrogen) atoms. The number of amides is 2. The van der Waals surface area contributed by atoms with Crippen molar-refractivity contribution in [3.8, 4) is 5.75 Å². The number of ether oxygens (including phenoxy) is 1. The van der Waals surface area contributed by atoms with Gasteiger partial charge in [-0.2, -0.15) is 0 Å². The van der Waals surface area contributed by atoms with Crippen LogP contribution in [0.3, 0.4) is 0 Å². The largest absolute Gasteiger partial charge is 0.496 e. The smallest absolute Gasteiger partial charge is 0.270 e. The number of carbonyl (C=O) groups is 2. The van der Waals surface area contributed by atoms with E-state index in [4.69, 9.17) is 4.74 Å². The van der Waals surface area contributed by atoms with Crippen LogP contribution < -0.4 is 15.0 Å². The number of halogens is 2. The summed E-state index contributed by atoms with van der Waals surface area (Å²) in [5.41, 5.74) is 3.16. The Labute approximate surface area is 201 Å². The minimum absolute atomic E-state index is 0.0162. The van der Waals surface area contributed by atoms with E-state index in [0.717, 1.165) is 16.7 Å². The molecule has 1 aromatic carbocycles. The summed E-state index contributed by atoms with van der Waals surface area (Å²) in [6.45, 7) is 0.322. The minimum Gasteiger partial charge on any atom is -0.496 e. The van der Waals surface area contributed by atoms with Gasteiger partial charge < -0.3 is 10.1 Å². The quantitative estimate of drug-likeness (QED) is 0.585. The fraction of sp³-hybridized carbons (Fsp3) is 0.308. The van der Waals surface area contributed by atoms with Crippen molar-refractivity contribution in [3.05, 3.63) is 82.6 Å². The predicted octanol–water partition coefficient (Wildman–Crippen LogP) is 3.65. The number of aromatic nitrogens is 2. The summed E-state index contributed by atoms with van der Waals surface area (Å²) in [7, 11) is 1.57. The Balaban J connectivity index is 1.36. The Morgan fingerprint density at radius 3 is 2.74 bits per heavy atom. The van der Waals surface area contributed by atoms with E-state index in [0.29, 0.717) is 43.5 Å². The molecule has 2 amide bonds. The fourth-order valence-electron chi connectivity index (χ4n) is 4.47. The first-order chi connectivity index (χ1) is 16.9. The van der Waals surface area contributed by atoms with Crippen molar-refractivity contribution in [1.82, 2.24) is 15.3 Å². The van der Waals surface area contributed by atoms with Gasteiger partial charge in [-0.25, -0.2) is 13.8 Å². The van der Waals surface area contributed by atoms with Crippen LogP contribution in [0.2, 0.25) is 0 Å². The van der Waals surface area contributed by atoms with E-state index in [1.807, 2.05) is 6.07 Å². The van der Waals surface area contributed by atoms with Crippen LogP contribution in [0.1, 0.15) is 50.4 Å². The normalized spacial score (nSPS) is 19.1. The molecule has 1 saturated carbocycles. The minimum atomic E-state index is -0.843. The van der Waals surface area contributed by atoms with Crippen molar-refractivity contribution in [2.24, 2.45) is 0 Å². The molecule has 5 rings (SSSR count). The first kappa shape index (κ1) is 22.9. The van der Waals surface area contributed by atoms with E-state index < -0.39 is 12.0 Å². The number of methoxy groups -OCH3 is 1. The number of alkyl halides is 1.